The van der Waals surface area contributed by atoms with Gasteiger partial charge in [-0.2, -0.15) is 0 Å². The molecule has 0 saturated heterocycles. The third-order valence-electron chi connectivity index (χ3n) is 3.20. The summed E-state index contributed by atoms with van der Waals surface area (Å²) in [5.74, 6) is -0.226. The van der Waals surface area contributed by atoms with Crippen LogP contribution in [0.4, 0.5) is 15.2 Å². The van der Waals surface area contributed by atoms with E-state index >= 15 is 0 Å². The molecule has 1 aliphatic heterocycles. The second-order valence-electron chi connectivity index (χ2n) is 4.34. The minimum Gasteiger partial charge on any atom is -0.391 e. The van der Waals surface area contributed by atoms with E-state index in [4.69, 9.17) is 0 Å². The van der Waals surface area contributed by atoms with Gasteiger partial charge in [0.2, 0.25) is 0 Å². The molecule has 2 heterocycles. The molecule has 5 heteroatoms. The van der Waals surface area contributed by atoms with Gasteiger partial charge in [-0.25, -0.2) is 9.37 Å². The average Bonchev–Trinajstić information content (AvgIpc) is 2.91. The van der Waals surface area contributed by atoms with E-state index < -0.39 is 0 Å². The zero-order valence-corrected chi connectivity index (χ0v) is 10.8. The van der Waals surface area contributed by atoms with Crippen molar-refractivity contribution >= 4 is 22.2 Å². The summed E-state index contributed by atoms with van der Waals surface area (Å²) in [6.07, 6.45) is 0.905. The Balaban J connectivity index is 2.02. The van der Waals surface area contributed by atoms with Gasteiger partial charge in [-0.3, -0.25) is 0 Å². The van der Waals surface area contributed by atoms with Crippen molar-refractivity contribution in [3.8, 4) is 0 Å². The molecule has 0 aliphatic carbocycles. The third-order valence-corrected chi connectivity index (χ3v) is 4.36. The van der Waals surface area contributed by atoms with Gasteiger partial charge in [-0.1, -0.05) is 17.4 Å². The highest BCUT2D eigenvalue weighted by molar-refractivity contribution is 7.15. The van der Waals surface area contributed by atoms with Crippen molar-refractivity contribution in [3.05, 3.63) is 40.2 Å². The van der Waals surface area contributed by atoms with E-state index in [0.717, 1.165) is 39.9 Å². The summed E-state index contributed by atoms with van der Waals surface area (Å²) >= 11 is 1.47. The molecule has 1 aliphatic rings. The van der Waals surface area contributed by atoms with Crippen molar-refractivity contribution in [1.82, 2.24) is 4.98 Å². The maximum absolute atomic E-state index is 13.3. The Labute approximate surface area is 109 Å². The summed E-state index contributed by atoms with van der Waals surface area (Å²) in [6.45, 7) is 2.71. The highest BCUT2D eigenvalue weighted by Gasteiger charge is 2.24. The molecule has 0 unspecified atom stereocenters. The summed E-state index contributed by atoms with van der Waals surface area (Å²) < 4.78 is 13.3. The number of halogens is 1. The molecule has 0 amide bonds. The average molecular weight is 264 g/mol. The number of thiazole rings is 1. The van der Waals surface area contributed by atoms with Gasteiger partial charge >= 0.3 is 0 Å². The molecule has 1 N–H and O–H groups in total. The van der Waals surface area contributed by atoms with Gasteiger partial charge in [0.15, 0.2) is 5.13 Å². The Morgan fingerprint density at radius 1 is 1.50 bits per heavy atom. The largest absolute Gasteiger partial charge is 0.391 e. The summed E-state index contributed by atoms with van der Waals surface area (Å²) in [4.78, 5) is 7.35. The predicted molar refractivity (Wildman–Crippen MR) is 69.9 cm³/mol. The predicted octanol–water partition coefficient (Wildman–Crippen LogP) is 2.78. The molecular formula is C13H13FN2OS. The molecular weight excluding hydrogens is 251 g/mol. The van der Waals surface area contributed by atoms with Crippen molar-refractivity contribution in [3.63, 3.8) is 0 Å². The first-order chi connectivity index (χ1) is 8.69. The second-order valence-corrected chi connectivity index (χ2v) is 5.40. The first-order valence-corrected chi connectivity index (χ1v) is 6.64. The van der Waals surface area contributed by atoms with Gasteiger partial charge in [-0.05, 0) is 31.0 Å². The van der Waals surface area contributed by atoms with E-state index in [1.165, 1.54) is 17.4 Å². The fourth-order valence-corrected chi connectivity index (χ4v) is 3.19. The molecule has 0 radical (unpaired) electrons. The summed E-state index contributed by atoms with van der Waals surface area (Å²) in [6, 6.07) is 4.88. The molecule has 3 rings (SSSR count). The van der Waals surface area contributed by atoms with Crippen LogP contribution in [-0.4, -0.2) is 16.6 Å². The first kappa shape index (κ1) is 11.6. The molecule has 0 bridgehead atoms. The van der Waals surface area contributed by atoms with Crippen molar-refractivity contribution in [2.75, 3.05) is 11.4 Å². The van der Waals surface area contributed by atoms with Gasteiger partial charge in [-0.15, -0.1) is 0 Å². The summed E-state index contributed by atoms with van der Waals surface area (Å²) in [5.41, 5.74) is 2.89. The van der Waals surface area contributed by atoms with Crippen LogP contribution in [0.15, 0.2) is 18.2 Å². The van der Waals surface area contributed by atoms with Crippen molar-refractivity contribution in [2.24, 2.45) is 0 Å². The zero-order valence-electron chi connectivity index (χ0n) is 9.98. The molecule has 18 heavy (non-hydrogen) atoms. The van der Waals surface area contributed by atoms with E-state index in [9.17, 15) is 9.50 Å². The number of rotatable bonds is 2. The lowest BCUT2D eigenvalue weighted by atomic mass is 10.2. The molecule has 94 valence electrons. The van der Waals surface area contributed by atoms with Gasteiger partial charge in [0.25, 0.3) is 0 Å². The molecule has 1 aromatic carbocycles. The summed E-state index contributed by atoms with van der Waals surface area (Å²) in [7, 11) is 0. The monoisotopic (exact) mass is 264 g/mol. The van der Waals surface area contributed by atoms with Crippen LogP contribution in [0.2, 0.25) is 0 Å². The molecule has 0 spiro atoms. The van der Waals surface area contributed by atoms with E-state index in [-0.39, 0.29) is 12.4 Å². The van der Waals surface area contributed by atoms with Crippen LogP contribution in [0.5, 0.6) is 0 Å². The molecule has 0 fully saturated rings. The van der Waals surface area contributed by atoms with Crippen LogP contribution in [0, 0.1) is 12.7 Å². The molecule has 2 aromatic rings. The van der Waals surface area contributed by atoms with Crippen LogP contribution < -0.4 is 4.90 Å². The lowest BCUT2D eigenvalue weighted by molar-refractivity contribution is 0.284. The lowest BCUT2D eigenvalue weighted by Crippen LogP contribution is -2.12. The van der Waals surface area contributed by atoms with E-state index in [1.54, 1.807) is 6.07 Å². The number of nitrogens with zero attached hydrogens (tertiary/aromatic N) is 2. The van der Waals surface area contributed by atoms with Crippen LogP contribution in [-0.2, 0) is 13.0 Å². The van der Waals surface area contributed by atoms with Gasteiger partial charge in [0.05, 0.1) is 17.2 Å². The molecule has 1 aromatic heterocycles. The van der Waals surface area contributed by atoms with Crippen LogP contribution >= 0.6 is 11.3 Å². The standard InChI is InChI=1S/C13H13FN2OS/c1-8-12(7-17)18-13(15-8)16-5-4-9-2-3-10(14)6-11(9)16/h2-3,6,17H,4-5,7H2,1H3. The quantitative estimate of drug-likeness (QED) is 0.906. The molecule has 0 saturated carbocycles. The smallest absolute Gasteiger partial charge is 0.190 e. The number of aryl methyl sites for hydroxylation is 1. The zero-order chi connectivity index (χ0) is 12.7. The number of aliphatic hydroxyl groups excluding tert-OH is 1. The summed E-state index contributed by atoms with van der Waals surface area (Å²) in [5, 5.41) is 10.0. The number of benzene rings is 1. The minimum atomic E-state index is -0.226. The SMILES string of the molecule is Cc1nc(N2CCc3ccc(F)cc32)sc1CO. The Hall–Kier alpha value is -1.46. The number of hydrogen-bond donors (Lipinski definition) is 1. The Morgan fingerprint density at radius 3 is 3.06 bits per heavy atom. The second kappa shape index (κ2) is 4.33. The minimum absolute atomic E-state index is 0.00729. The topological polar surface area (TPSA) is 36.4 Å². The maximum atomic E-state index is 13.3. The van der Waals surface area contributed by atoms with Crippen molar-refractivity contribution in [1.29, 1.82) is 0 Å². The first-order valence-electron chi connectivity index (χ1n) is 5.82. The van der Waals surface area contributed by atoms with Crippen LogP contribution in [0.1, 0.15) is 16.1 Å². The Morgan fingerprint density at radius 2 is 2.33 bits per heavy atom. The fourth-order valence-electron chi connectivity index (χ4n) is 2.23. The van der Waals surface area contributed by atoms with Crippen LogP contribution in [0.25, 0.3) is 0 Å². The highest BCUT2D eigenvalue weighted by Crippen LogP contribution is 2.37. The van der Waals surface area contributed by atoms with Gasteiger partial charge in [0.1, 0.15) is 5.82 Å². The van der Waals surface area contributed by atoms with Crippen molar-refractivity contribution < 1.29 is 9.50 Å². The van der Waals surface area contributed by atoms with Gasteiger partial charge < -0.3 is 10.0 Å². The number of aliphatic hydroxyl groups is 1. The highest BCUT2D eigenvalue weighted by atomic mass is 32.1. The number of aromatic nitrogens is 1. The third kappa shape index (κ3) is 1.79. The van der Waals surface area contributed by atoms with Crippen molar-refractivity contribution in [2.45, 2.75) is 20.0 Å². The molecule has 0 atom stereocenters. The Bertz CT molecular complexity index is 597. The number of anilines is 2. The lowest BCUT2D eigenvalue weighted by Gasteiger charge is -2.15. The number of fused-ring (bicyclic) bond motifs is 1. The van der Waals surface area contributed by atoms with E-state index in [1.807, 2.05) is 17.9 Å². The van der Waals surface area contributed by atoms with Crippen LogP contribution in [0.3, 0.4) is 0 Å². The maximum Gasteiger partial charge on any atom is 0.190 e. The van der Waals surface area contributed by atoms with E-state index in [2.05, 4.69) is 4.98 Å². The Kier molecular flexibility index (Phi) is 2.80. The number of hydrogen-bond acceptors (Lipinski definition) is 4. The molecule has 3 nitrogen and oxygen atoms in total. The van der Waals surface area contributed by atoms with Gasteiger partial charge in [0, 0.05) is 12.2 Å². The normalized spacial score (nSPS) is 14.1. The van der Waals surface area contributed by atoms with E-state index in [0.29, 0.717) is 0 Å². The fraction of sp³-hybridized carbons (Fsp3) is 0.308.